The van der Waals surface area contributed by atoms with E-state index in [1.807, 2.05) is 20.8 Å². The monoisotopic (exact) mass is 540 g/mol. The summed E-state index contributed by atoms with van der Waals surface area (Å²) in [4.78, 5) is 28.0. The summed E-state index contributed by atoms with van der Waals surface area (Å²) in [5.41, 5.74) is 0.363. The SMILES string of the molecule is COc1ccc(OC)c([C@@H]2C(=C(O)c3ccc(Br)cc3)C(=O)C(=O)N2c2cc(C(C)(C)C)on2)c1. The summed E-state index contributed by atoms with van der Waals surface area (Å²) in [6.45, 7) is 5.84. The van der Waals surface area contributed by atoms with Crippen molar-refractivity contribution < 1.29 is 28.7 Å². The number of carbonyl (C=O) groups excluding carboxylic acids is 2. The maximum Gasteiger partial charge on any atom is 0.301 e. The van der Waals surface area contributed by atoms with Crippen LogP contribution in [0.4, 0.5) is 5.82 Å². The molecular formula is C26H25BrN2O6. The fraction of sp³-hybridized carbons (Fsp3) is 0.269. The first kappa shape index (κ1) is 24.5. The average molecular weight is 541 g/mol. The molecular weight excluding hydrogens is 516 g/mol. The van der Waals surface area contributed by atoms with Crippen LogP contribution in [0.3, 0.4) is 0 Å². The minimum atomic E-state index is -1.04. The Labute approximate surface area is 211 Å². The molecule has 1 aromatic heterocycles. The minimum absolute atomic E-state index is 0.0933. The summed E-state index contributed by atoms with van der Waals surface area (Å²) in [6.07, 6.45) is 0. The molecule has 4 rings (SSSR count). The van der Waals surface area contributed by atoms with Gasteiger partial charge in [-0.2, -0.15) is 0 Å². The van der Waals surface area contributed by atoms with Crippen molar-refractivity contribution in [3.05, 3.63) is 75.5 Å². The van der Waals surface area contributed by atoms with Gasteiger partial charge in [0.1, 0.15) is 29.1 Å². The van der Waals surface area contributed by atoms with Crippen molar-refractivity contribution in [2.45, 2.75) is 32.2 Å². The van der Waals surface area contributed by atoms with E-state index in [-0.39, 0.29) is 22.6 Å². The van der Waals surface area contributed by atoms with Crippen LogP contribution in [0, 0.1) is 0 Å². The molecule has 1 aliphatic heterocycles. The number of halogens is 1. The van der Waals surface area contributed by atoms with Crippen LogP contribution in [0.2, 0.25) is 0 Å². The molecule has 0 radical (unpaired) electrons. The van der Waals surface area contributed by atoms with Gasteiger partial charge in [-0.25, -0.2) is 0 Å². The topological polar surface area (TPSA) is 102 Å². The minimum Gasteiger partial charge on any atom is -0.507 e. The molecule has 1 saturated heterocycles. The number of benzene rings is 2. The zero-order valence-corrected chi connectivity index (χ0v) is 21.5. The van der Waals surface area contributed by atoms with Crippen LogP contribution in [-0.4, -0.2) is 36.2 Å². The van der Waals surface area contributed by atoms with E-state index >= 15 is 0 Å². The number of aliphatic hydroxyl groups is 1. The lowest BCUT2D eigenvalue weighted by atomic mass is 9.93. The highest BCUT2D eigenvalue weighted by Crippen LogP contribution is 2.46. The molecule has 1 atom stereocenters. The fourth-order valence-corrected chi connectivity index (χ4v) is 4.18. The molecule has 1 N–H and O–H groups in total. The number of Topliss-reactive ketones (excluding diaryl/α,β-unsaturated/α-hetero) is 1. The van der Waals surface area contributed by atoms with Gasteiger partial charge in [-0.3, -0.25) is 14.5 Å². The third-order valence-corrected chi connectivity index (χ3v) is 6.31. The van der Waals surface area contributed by atoms with Gasteiger partial charge < -0.3 is 19.1 Å². The molecule has 35 heavy (non-hydrogen) atoms. The van der Waals surface area contributed by atoms with E-state index in [9.17, 15) is 14.7 Å². The second kappa shape index (κ2) is 9.22. The molecule has 1 amide bonds. The van der Waals surface area contributed by atoms with Crippen molar-refractivity contribution in [2.24, 2.45) is 0 Å². The van der Waals surface area contributed by atoms with Crippen LogP contribution in [0.25, 0.3) is 5.76 Å². The second-order valence-electron chi connectivity index (χ2n) is 9.08. The Morgan fingerprint density at radius 2 is 1.74 bits per heavy atom. The number of anilines is 1. The number of aliphatic hydroxyl groups excluding tert-OH is 1. The van der Waals surface area contributed by atoms with Gasteiger partial charge in [-0.1, -0.05) is 54.0 Å². The van der Waals surface area contributed by atoms with Gasteiger partial charge in [0, 0.05) is 27.1 Å². The van der Waals surface area contributed by atoms with Gasteiger partial charge in [0.15, 0.2) is 5.82 Å². The van der Waals surface area contributed by atoms with Crippen molar-refractivity contribution >= 4 is 39.2 Å². The van der Waals surface area contributed by atoms with E-state index in [0.717, 1.165) is 4.47 Å². The molecule has 1 aliphatic rings. The molecule has 182 valence electrons. The first-order valence-electron chi connectivity index (χ1n) is 10.8. The van der Waals surface area contributed by atoms with Crippen molar-refractivity contribution in [2.75, 3.05) is 19.1 Å². The maximum atomic E-state index is 13.4. The van der Waals surface area contributed by atoms with Crippen molar-refractivity contribution in [1.29, 1.82) is 0 Å². The van der Waals surface area contributed by atoms with Crippen molar-refractivity contribution in [1.82, 2.24) is 5.16 Å². The Kier molecular flexibility index (Phi) is 6.46. The van der Waals surface area contributed by atoms with Crippen LogP contribution in [0.15, 0.2) is 63.1 Å². The summed E-state index contributed by atoms with van der Waals surface area (Å²) in [6, 6.07) is 12.4. The molecule has 0 unspecified atom stereocenters. The number of rotatable bonds is 5. The highest BCUT2D eigenvalue weighted by Gasteiger charge is 2.49. The van der Waals surface area contributed by atoms with Gasteiger partial charge in [0.2, 0.25) is 0 Å². The average Bonchev–Trinajstić information content (AvgIpc) is 3.42. The Bertz CT molecular complexity index is 1320. The number of ether oxygens (including phenoxy) is 2. The van der Waals surface area contributed by atoms with Gasteiger partial charge in [0.05, 0.1) is 19.8 Å². The molecule has 1 fully saturated rings. The summed E-state index contributed by atoms with van der Waals surface area (Å²) < 4.78 is 17.3. The van der Waals surface area contributed by atoms with E-state index < -0.39 is 17.7 Å². The lowest BCUT2D eigenvalue weighted by Crippen LogP contribution is -2.30. The zero-order chi connectivity index (χ0) is 25.5. The summed E-state index contributed by atoms with van der Waals surface area (Å²) >= 11 is 3.37. The Hall–Kier alpha value is -3.59. The molecule has 8 nitrogen and oxygen atoms in total. The Morgan fingerprint density at radius 3 is 2.31 bits per heavy atom. The quantitative estimate of drug-likeness (QED) is 0.263. The first-order valence-corrected chi connectivity index (χ1v) is 11.6. The second-order valence-corrected chi connectivity index (χ2v) is 10.00. The largest absolute Gasteiger partial charge is 0.507 e. The van der Waals surface area contributed by atoms with Crippen LogP contribution < -0.4 is 14.4 Å². The molecule has 3 aromatic rings. The Morgan fingerprint density at radius 1 is 1.06 bits per heavy atom. The van der Waals surface area contributed by atoms with Crippen molar-refractivity contribution in [3.63, 3.8) is 0 Å². The van der Waals surface area contributed by atoms with Gasteiger partial charge >= 0.3 is 5.91 Å². The summed E-state index contributed by atoms with van der Waals surface area (Å²) in [5, 5.41) is 15.4. The van der Waals surface area contributed by atoms with E-state index in [1.54, 1.807) is 48.5 Å². The highest BCUT2D eigenvalue weighted by atomic mass is 79.9. The maximum absolute atomic E-state index is 13.4. The molecule has 0 bridgehead atoms. The number of hydrogen-bond acceptors (Lipinski definition) is 7. The molecule has 0 saturated carbocycles. The molecule has 2 aromatic carbocycles. The van der Waals surface area contributed by atoms with Gasteiger partial charge in [0.25, 0.3) is 5.78 Å². The van der Waals surface area contributed by atoms with Gasteiger partial charge in [-0.15, -0.1) is 0 Å². The first-order chi connectivity index (χ1) is 16.6. The molecule has 9 heteroatoms. The molecule has 0 spiro atoms. The molecule has 0 aliphatic carbocycles. The Balaban J connectivity index is 1.99. The van der Waals surface area contributed by atoms with Crippen LogP contribution >= 0.6 is 15.9 Å². The number of hydrogen-bond donors (Lipinski definition) is 1. The number of nitrogens with zero attached hydrogens (tertiary/aromatic N) is 2. The number of aromatic nitrogens is 1. The number of amides is 1. The predicted molar refractivity (Wildman–Crippen MR) is 134 cm³/mol. The van der Waals surface area contributed by atoms with E-state index in [2.05, 4.69) is 21.1 Å². The van der Waals surface area contributed by atoms with Crippen LogP contribution in [0.1, 0.15) is 43.7 Å². The lowest BCUT2D eigenvalue weighted by Gasteiger charge is -2.25. The molecule has 2 heterocycles. The summed E-state index contributed by atoms with van der Waals surface area (Å²) in [5.74, 6) is -0.407. The third kappa shape index (κ3) is 4.43. The number of ketones is 1. The number of methoxy groups -OCH3 is 2. The van der Waals surface area contributed by atoms with Crippen LogP contribution in [-0.2, 0) is 15.0 Å². The standard InChI is InChI=1S/C26H25BrN2O6/c1-26(2,3)19-13-20(28-35-19)29-22(17-12-16(33-4)10-11-18(17)34-5)21(24(31)25(29)32)23(30)14-6-8-15(27)9-7-14/h6-13,22,30H,1-5H3/t22-/m1/s1. The lowest BCUT2D eigenvalue weighted by molar-refractivity contribution is -0.132. The smallest absolute Gasteiger partial charge is 0.301 e. The fourth-order valence-electron chi connectivity index (χ4n) is 3.91. The summed E-state index contributed by atoms with van der Waals surface area (Å²) in [7, 11) is 3.00. The predicted octanol–water partition coefficient (Wildman–Crippen LogP) is 5.38. The highest BCUT2D eigenvalue weighted by molar-refractivity contribution is 9.10. The van der Waals surface area contributed by atoms with Crippen molar-refractivity contribution in [3.8, 4) is 11.5 Å². The van der Waals surface area contributed by atoms with E-state index in [1.165, 1.54) is 19.1 Å². The number of carbonyl (C=O) groups is 2. The zero-order valence-electron chi connectivity index (χ0n) is 20.0. The van der Waals surface area contributed by atoms with Gasteiger partial charge in [-0.05, 0) is 30.3 Å². The van der Waals surface area contributed by atoms with E-state index in [4.69, 9.17) is 14.0 Å². The third-order valence-electron chi connectivity index (χ3n) is 5.78. The van der Waals surface area contributed by atoms with E-state index in [0.29, 0.717) is 28.4 Å². The normalized spacial score (nSPS) is 17.7. The van der Waals surface area contributed by atoms with Crippen LogP contribution in [0.5, 0.6) is 11.5 Å².